The highest BCUT2D eigenvalue weighted by Crippen LogP contribution is 2.25. The van der Waals surface area contributed by atoms with Crippen molar-refractivity contribution in [1.82, 2.24) is 20.2 Å². The van der Waals surface area contributed by atoms with Gasteiger partial charge in [0.25, 0.3) is 5.91 Å². The van der Waals surface area contributed by atoms with E-state index in [2.05, 4.69) is 15.4 Å². The molecule has 1 atom stereocenters. The van der Waals surface area contributed by atoms with Gasteiger partial charge >= 0.3 is 0 Å². The molecule has 1 unspecified atom stereocenters. The summed E-state index contributed by atoms with van der Waals surface area (Å²) in [6.45, 7) is -0.197. The zero-order valence-corrected chi connectivity index (χ0v) is 17.3. The van der Waals surface area contributed by atoms with E-state index in [4.69, 9.17) is 5.73 Å². The van der Waals surface area contributed by atoms with E-state index in [1.54, 1.807) is 48.5 Å². The molecule has 1 fully saturated rings. The lowest BCUT2D eigenvalue weighted by atomic mass is 10.1. The maximum atomic E-state index is 13.1. The number of primary amides is 1. The lowest BCUT2D eigenvalue weighted by Gasteiger charge is -2.28. The van der Waals surface area contributed by atoms with Crippen molar-refractivity contribution in [3.63, 3.8) is 0 Å². The molecule has 0 spiro atoms. The molecule has 4 rings (SSSR count). The van der Waals surface area contributed by atoms with Gasteiger partial charge in [-0.3, -0.25) is 9.59 Å². The van der Waals surface area contributed by atoms with Crippen molar-refractivity contribution in [3.8, 4) is 11.4 Å². The van der Waals surface area contributed by atoms with E-state index in [0.29, 0.717) is 29.1 Å². The van der Waals surface area contributed by atoms with E-state index in [9.17, 15) is 18.0 Å². The molecule has 1 aromatic heterocycles. The Balaban J connectivity index is 1.55. The van der Waals surface area contributed by atoms with Gasteiger partial charge in [0.15, 0.2) is 9.84 Å². The van der Waals surface area contributed by atoms with Gasteiger partial charge in [-0.2, -0.15) is 4.80 Å². The van der Waals surface area contributed by atoms with Crippen LogP contribution < -0.4 is 10.6 Å². The van der Waals surface area contributed by atoms with E-state index in [1.165, 1.54) is 9.70 Å². The Kier molecular flexibility index (Phi) is 5.51. The molecule has 2 aromatic carbocycles. The number of sulfone groups is 1. The Morgan fingerprint density at radius 2 is 1.81 bits per heavy atom. The van der Waals surface area contributed by atoms with Crippen molar-refractivity contribution < 1.29 is 18.0 Å². The van der Waals surface area contributed by atoms with Gasteiger partial charge in [-0.25, -0.2) is 8.42 Å². The Hall–Kier alpha value is -3.60. The predicted molar refractivity (Wildman–Crippen MR) is 113 cm³/mol. The molecule has 2 N–H and O–H groups in total. The van der Waals surface area contributed by atoms with Gasteiger partial charge in [0, 0.05) is 16.8 Å². The van der Waals surface area contributed by atoms with E-state index >= 15 is 0 Å². The number of benzene rings is 2. The van der Waals surface area contributed by atoms with Crippen LogP contribution in [0, 0.1) is 0 Å². The number of anilines is 1. The average Bonchev–Trinajstić information content (AvgIpc) is 3.35. The summed E-state index contributed by atoms with van der Waals surface area (Å²) in [4.78, 5) is 27.0. The molecule has 2 amide bonds. The van der Waals surface area contributed by atoms with Crippen LogP contribution in [-0.2, 0) is 21.2 Å². The van der Waals surface area contributed by atoms with Crippen molar-refractivity contribution >= 4 is 27.3 Å². The molecular weight excluding hydrogens is 420 g/mol. The first-order valence-corrected chi connectivity index (χ1v) is 11.4. The van der Waals surface area contributed by atoms with E-state index in [1.807, 2.05) is 6.07 Å². The largest absolute Gasteiger partial charge is 0.366 e. The molecule has 2 heterocycles. The Morgan fingerprint density at radius 1 is 1.10 bits per heavy atom. The highest BCUT2D eigenvalue weighted by Gasteiger charge is 2.35. The number of amides is 2. The fourth-order valence-corrected chi connectivity index (χ4v) is 5.23. The monoisotopic (exact) mass is 440 g/mol. The van der Waals surface area contributed by atoms with Crippen LogP contribution in [0.5, 0.6) is 0 Å². The molecule has 0 saturated carbocycles. The second-order valence-electron chi connectivity index (χ2n) is 7.24. The van der Waals surface area contributed by atoms with E-state index < -0.39 is 21.8 Å². The Bertz CT molecular complexity index is 1210. The number of nitrogens with two attached hydrogens (primary N) is 1. The number of tetrazole rings is 1. The van der Waals surface area contributed by atoms with Crippen molar-refractivity contribution in [2.24, 2.45) is 5.73 Å². The molecular formula is C20H20N6O4S. The smallest absolute Gasteiger partial charge is 0.250 e. The molecule has 11 heteroatoms. The summed E-state index contributed by atoms with van der Waals surface area (Å²) in [6, 6.07) is 14.9. The van der Waals surface area contributed by atoms with Gasteiger partial charge in [-0.05, 0) is 35.9 Å². The fourth-order valence-electron chi connectivity index (χ4n) is 3.53. The zero-order valence-electron chi connectivity index (χ0n) is 16.5. The second kappa shape index (κ2) is 8.26. The number of hydrogen-bond donors (Lipinski definition) is 1. The van der Waals surface area contributed by atoms with E-state index in [0.717, 1.165) is 0 Å². The normalized spacial score (nSPS) is 17.4. The van der Waals surface area contributed by atoms with Crippen LogP contribution in [0.25, 0.3) is 11.4 Å². The van der Waals surface area contributed by atoms with Crippen molar-refractivity contribution in [2.75, 3.05) is 16.4 Å². The number of hydrogen-bond acceptors (Lipinski definition) is 7. The molecule has 1 saturated heterocycles. The minimum atomic E-state index is -3.17. The summed E-state index contributed by atoms with van der Waals surface area (Å²) in [7, 11) is -3.17. The molecule has 3 aromatic rings. The summed E-state index contributed by atoms with van der Waals surface area (Å²) < 4.78 is 24.0. The number of carbonyl (C=O) groups excluding carboxylic acids is 2. The number of aromatic nitrogens is 4. The van der Waals surface area contributed by atoms with Crippen LogP contribution in [0.3, 0.4) is 0 Å². The minimum Gasteiger partial charge on any atom is -0.366 e. The highest BCUT2D eigenvalue weighted by atomic mass is 32.2. The first-order valence-electron chi connectivity index (χ1n) is 9.58. The molecule has 1 aliphatic heterocycles. The first-order chi connectivity index (χ1) is 14.8. The van der Waals surface area contributed by atoms with Gasteiger partial charge < -0.3 is 10.6 Å². The van der Waals surface area contributed by atoms with Gasteiger partial charge in [0.1, 0.15) is 6.54 Å². The molecule has 160 valence electrons. The number of rotatable bonds is 6. The molecule has 0 bridgehead atoms. The van der Waals surface area contributed by atoms with Gasteiger partial charge in [0.2, 0.25) is 11.7 Å². The SMILES string of the molecule is NC(=O)c1ccc(-c2nnn(CC(=O)N(c3ccccc3)C3CCS(=O)(=O)C3)n2)cc1. The Morgan fingerprint density at radius 3 is 2.42 bits per heavy atom. The average molecular weight is 440 g/mol. The minimum absolute atomic E-state index is 0.0568. The fraction of sp³-hybridized carbons (Fsp3) is 0.250. The summed E-state index contributed by atoms with van der Waals surface area (Å²) in [5.41, 5.74) is 6.84. The van der Waals surface area contributed by atoms with Gasteiger partial charge in [0.05, 0.1) is 17.5 Å². The number of para-hydroxylation sites is 1. The van der Waals surface area contributed by atoms with Crippen LogP contribution in [0.4, 0.5) is 5.69 Å². The van der Waals surface area contributed by atoms with Crippen molar-refractivity contribution in [2.45, 2.75) is 19.0 Å². The van der Waals surface area contributed by atoms with Gasteiger partial charge in [-0.15, -0.1) is 10.2 Å². The van der Waals surface area contributed by atoms with Crippen LogP contribution in [-0.4, -0.2) is 58.0 Å². The topological polar surface area (TPSA) is 141 Å². The first kappa shape index (κ1) is 20.7. The third-order valence-corrected chi connectivity index (χ3v) is 6.78. The zero-order chi connectivity index (χ0) is 22.0. The van der Waals surface area contributed by atoms with E-state index in [-0.39, 0.29) is 24.0 Å². The molecule has 0 aliphatic carbocycles. The standard InChI is InChI=1S/C20H20N6O4S/c21-19(28)14-6-8-15(9-7-14)20-22-24-25(23-20)12-18(27)26(16-4-2-1-3-5-16)17-10-11-31(29,30)13-17/h1-9,17H,10-13H2,(H2,21,28). The highest BCUT2D eigenvalue weighted by molar-refractivity contribution is 7.91. The summed E-state index contributed by atoms with van der Waals surface area (Å²) >= 11 is 0. The lowest BCUT2D eigenvalue weighted by molar-refractivity contribution is -0.120. The maximum absolute atomic E-state index is 13.1. The quantitative estimate of drug-likeness (QED) is 0.593. The third kappa shape index (κ3) is 4.61. The molecule has 31 heavy (non-hydrogen) atoms. The van der Waals surface area contributed by atoms with Crippen LogP contribution in [0.15, 0.2) is 54.6 Å². The summed E-state index contributed by atoms with van der Waals surface area (Å²) in [6.07, 6.45) is 0.380. The molecule has 1 aliphatic rings. The van der Waals surface area contributed by atoms with Gasteiger partial charge in [-0.1, -0.05) is 30.3 Å². The van der Waals surface area contributed by atoms with Crippen molar-refractivity contribution in [3.05, 3.63) is 60.2 Å². The van der Waals surface area contributed by atoms with Crippen LogP contribution in [0.1, 0.15) is 16.8 Å². The van der Waals surface area contributed by atoms with Crippen molar-refractivity contribution in [1.29, 1.82) is 0 Å². The predicted octanol–water partition coefficient (Wildman–Crippen LogP) is 0.659. The Labute approximate surface area is 178 Å². The van der Waals surface area contributed by atoms with Crippen LogP contribution in [0.2, 0.25) is 0 Å². The lowest BCUT2D eigenvalue weighted by Crippen LogP contribution is -2.43. The third-order valence-electron chi connectivity index (χ3n) is 5.03. The number of carbonyl (C=O) groups is 2. The summed E-state index contributed by atoms with van der Waals surface area (Å²) in [5.74, 6) is -0.597. The maximum Gasteiger partial charge on any atom is 0.250 e. The molecule has 0 radical (unpaired) electrons. The molecule has 10 nitrogen and oxygen atoms in total. The number of nitrogens with zero attached hydrogens (tertiary/aromatic N) is 5. The summed E-state index contributed by atoms with van der Waals surface area (Å²) in [5, 5.41) is 12.1. The van der Waals surface area contributed by atoms with Crippen LogP contribution >= 0.6 is 0 Å². The second-order valence-corrected chi connectivity index (χ2v) is 9.47.